The van der Waals surface area contributed by atoms with E-state index in [4.69, 9.17) is 28.3 Å². The third kappa shape index (κ3) is 11.8. The molecule has 1 fully saturated rings. The third-order valence-corrected chi connectivity index (χ3v) is 5.70. The molecule has 2 atom stereocenters. The van der Waals surface area contributed by atoms with E-state index in [-0.39, 0.29) is 28.5 Å². The van der Waals surface area contributed by atoms with Crippen LogP contribution in [0.1, 0.15) is 63.5 Å². The number of carbonyl (C=O) groups excluding carboxylic acids is 2. The molecule has 6 nitrogen and oxygen atoms in total. The molecular weight excluding hydrogens is 523 g/mol. The second-order valence-electron chi connectivity index (χ2n) is 10.1. The van der Waals surface area contributed by atoms with Crippen molar-refractivity contribution in [3.05, 3.63) is 63.1 Å². The molecule has 0 radical (unpaired) electrons. The summed E-state index contributed by atoms with van der Waals surface area (Å²) >= 11 is 11.7. The minimum absolute atomic E-state index is 0.0478. The van der Waals surface area contributed by atoms with Crippen LogP contribution in [0, 0.1) is 17.0 Å². The Bertz CT molecular complexity index is 998. The predicted octanol–water partition coefficient (Wildman–Crippen LogP) is 5.87. The Hall–Kier alpha value is -2.26. The zero-order valence-electron chi connectivity index (χ0n) is 21.7. The number of hydrogen-bond donors (Lipinski definition) is 4. The molecule has 206 valence electrons. The maximum atomic E-state index is 14.4. The van der Waals surface area contributed by atoms with E-state index in [1.54, 1.807) is 12.1 Å². The van der Waals surface area contributed by atoms with Crippen LogP contribution in [0.5, 0.6) is 0 Å². The van der Waals surface area contributed by atoms with Crippen molar-refractivity contribution in [2.45, 2.75) is 52.4 Å². The molecule has 2 aromatic rings. The highest BCUT2D eigenvalue weighted by atomic mass is 35.5. The minimum atomic E-state index is -0.583. The molecule has 0 aliphatic carbocycles. The summed E-state index contributed by atoms with van der Waals surface area (Å²) in [5.41, 5.74) is 1.95. The number of halogens is 4. The van der Waals surface area contributed by atoms with Gasteiger partial charge in [0.25, 0.3) is 0 Å². The highest BCUT2D eigenvalue weighted by molar-refractivity contribution is 6.31. The van der Waals surface area contributed by atoms with Gasteiger partial charge in [0.15, 0.2) is 0 Å². The molecule has 0 bridgehead atoms. The van der Waals surface area contributed by atoms with Gasteiger partial charge < -0.3 is 21.1 Å². The average Bonchev–Trinajstić information content (AvgIpc) is 3.30. The summed E-state index contributed by atoms with van der Waals surface area (Å²) < 4.78 is 28.4. The van der Waals surface area contributed by atoms with Gasteiger partial charge in [0.05, 0.1) is 10.0 Å². The van der Waals surface area contributed by atoms with Gasteiger partial charge in [-0.1, -0.05) is 63.0 Å². The Morgan fingerprint density at radius 1 is 1.00 bits per heavy atom. The van der Waals surface area contributed by atoms with E-state index in [9.17, 15) is 18.4 Å². The molecule has 2 aromatic carbocycles. The molecule has 4 N–H and O–H groups in total. The second kappa shape index (κ2) is 16.6. The summed E-state index contributed by atoms with van der Waals surface area (Å²) in [7, 11) is 0. The Kier molecular flexibility index (Phi) is 14.7. The van der Waals surface area contributed by atoms with Crippen molar-refractivity contribution < 1.29 is 23.5 Å². The Morgan fingerprint density at radius 2 is 1.62 bits per heavy atom. The van der Waals surface area contributed by atoms with Gasteiger partial charge in [-0.25, -0.2) is 8.78 Å². The fraction of sp³-hybridized carbons (Fsp3) is 0.481. The van der Waals surface area contributed by atoms with Gasteiger partial charge in [-0.3, -0.25) is 9.59 Å². The van der Waals surface area contributed by atoms with Crippen molar-refractivity contribution in [2.24, 2.45) is 5.41 Å². The average molecular weight is 561 g/mol. The molecule has 1 saturated heterocycles. The van der Waals surface area contributed by atoms with Gasteiger partial charge in [0.2, 0.25) is 12.8 Å². The lowest BCUT2D eigenvalue weighted by Crippen LogP contribution is -2.13. The van der Waals surface area contributed by atoms with Gasteiger partial charge in [-0.15, -0.1) is 0 Å². The molecule has 0 aromatic heterocycles. The first-order chi connectivity index (χ1) is 17.4. The number of hydrogen-bond acceptors (Lipinski definition) is 4. The Balaban J connectivity index is 0.000000438. The summed E-state index contributed by atoms with van der Waals surface area (Å²) in [6.07, 6.45) is 2.79. The molecule has 3 rings (SSSR count). The summed E-state index contributed by atoms with van der Waals surface area (Å²) in [6.45, 7) is 10.7. The number of aliphatic hydroxyl groups is 1. The lowest BCUT2D eigenvalue weighted by atomic mass is 9.83. The molecule has 1 aliphatic rings. The lowest BCUT2D eigenvalue weighted by Gasteiger charge is -2.23. The largest absolute Gasteiger partial charge is 0.396 e. The van der Waals surface area contributed by atoms with Crippen LogP contribution in [0.4, 0.5) is 14.5 Å². The predicted molar refractivity (Wildman–Crippen MR) is 146 cm³/mol. The number of anilines is 1. The third-order valence-electron chi connectivity index (χ3n) is 5.11. The van der Waals surface area contributed by atoms with Crippen molar-refractivity contribution in [1.29, 1.82) is 0 Å². The van der Waals surface area contributed by atoms with E-state index >= 15 is 0 Å². The molecule has 0 unspecified atom stereocenters. The SMILES string of the molecule is CC(C)(C)C.O=CNCCCCO.O=CNc1cc(Cl)c(F)cc1[C@@H]1CNC[C@@H]1c1cccc(Cl)c1F. The molecule has 0 saturated carbocycles. The van der Waals surface area contributed by atoms with Gasteiger partial charge in [-0.05, 0) is 47.6 Å². The maximum Gasteiger partial charge on any atom is 0.211 e. The van der Waals surface area contributed by atoms with Crippen LogP contribution in [-0.2, 0) is 9.59 Å². The first kappa shape index (κ1) is 32.8. The molecular formula is C27H37Cl2F2N3O3. The number of amides is 2. The van der Waals surface area contributed by atoms with Gasteiger partial charge in [-0.2, -0.15) is 0 Å². The smallest absolute Gasteiger partial charge is 0.211 e. The van der Waals surface area contributed by atoms with Gasteiger partial charge in [0.1, 0.15) is 11.6 Å². The first-order valence-electron chi connectivity index (χ1n) is 12.1. The summed E-state index contributed by atoms with van der Waals surface area (Å²) in [5, 5.41) is 16.4. The molecule has 1 heterocycles. The van der Waals surface area contributed by atoms with Crippen LogP contribution in [0.3, 0.4) is 0 Å². The Labute approximate surface area is 228 Å². The fourth-order valence-electron chi connectivity index (χ4n) is 3.59. The summed E-state index contributed by atoms with van der Waals surface area (Å²) in [6, 6.07) is 7.50. The van der Waals surface area contributed by atoms with Crippen LogP contribution in [-0.4, -0.2) is 44.2 Å². The molecule has 0 spiro atoms. The number of nitrogens with one attached hydrogen (secondary N) is 3. The standard InChI is InChI=1S/C17H14Cl2F2N2O.C5H11NO2.C5H12/c18-13-3-1-2-9(17(13)21)11-6-22-7-12(11)10-4-15(20)14(19)5-16(10)23-8-24;7-4-2-1-3-6-5-8;1-5(2,3)4/h1-5,8,11-12,22H,6-7H2,(H,23,24);5,7H,1-4H2,(H,6,8);1-4H3/t11-,12+;;/m1../s1. The van der Waals surface area contributed by atoms with Crippen molar-refractivity contribution in [3.8, 4) is 0 Å². The van der Waals surface area contributed by atoms with Crippen LogP contribution >= 0.6 is 23.2 Å². The van der Waals surface area contributed by atoms with Crippen molar-refractivity contribution in [2.75, 3.05) is 31.6 Å². The van der Waals surface area contributed by atoms with Crippen LogP contribution < -0.4 is 16.0 Å². The van der Waals surface area contributed by atoms with Crippen LogP contribution in [0.25, 0.3) is 0 Å². The number of unbranched alkanes of at least 4 members (excludes halogenated alkanes) is 1. The van der Waals surface area contributed by atoms with E-state index in [1.165, 1.54) is 18.2 Å². The van der Waals surface area contributed by atoms with Gasteiger partial charge >= 0.3 is 0 Å². The van der Waals surface area contributed by atoms with Gasteiger partial charge in [0, 0.05) is 43.8 Å². The highest BCUT2D eigenvalue weighted by Crippen LogP contribution is 2.42. The van der Waals surface area contributed by atoms with Crippen molar-refractivity contribution in [1.82, 2.24) is 10.6 Å². The normalized spacial score (nSPS) is 16.6. The zero-order chi connectivity index (χ0) is 28.0. The number of rotatable bonds is 9. The van der Waals surface area contributed by atoms with E-state index in [2.05, 4.69) is 43.6 Å². The summed E-state index contributed by atoms with van der Waals surface area (Å²) in [5.74, 6) is -1.53. The van der Waals surface area contributed by atoms with E-state index in [1.807, 2.05) is 0 Å². The maximum absolute atomic E-state index is 14.4. The quantitative estimate of drug-likeness (QED) is 0.228. The molecule has 10 heteroatoms. The van der Waals surface area contributed by atoms with Crippen molar-refractivity contribution in [3.63, 3.8) is 0 Å². The number of carbonyl (C=O) groups is 2. The van der Waals surface area contributed by atoms with E-state index < -0.39 is 11.6 Å². The lowest BCUT2D eigenvalue weighted by molar-refractivity contribution is -0.109. The topological polar surface area (TPSA) is 90.5 Å². The number of aliphatic hydroxyl groups excluding tert-OH is 1. The molecule has 2 amide bonds. The van der Waals surface area contributed by atoms with Crippen molar-refractivity contribution >= 4 is 41.7 Å². The van der Waals surface area contributed by atoms with Crippen LogP contribution in [0.15, 0.2) is 30.3 Å². The monoisotopic (exact) mass is 559 g/mol. The Morgan fingerprint density at radius 3 is 2.19 bits per heavy atom. The molecule has 37 heavy (non-hydrogen) atoms. The zero-order valence-corrected chi connectivity index (χ0v) is 23.2. The fourth-order valence-corrected chi connectivity index (χ4v) is 3.94. The first-order valence-corrected chi connectivity index (χ1v) is 12.8. The highest BCUT2D eigenvalue weighted by Gasteiger charge is 2.34. The summed E-state index contributed by atoms with van der Waals surface area (Å²) in [4.78, 5) is 20.4. The van der Waals surface area contributed by atoms with E-state index in [0.717, 1.165) is 12.8 Å². The van der Waals surface area contributed by atoms with E-state index in [0.29, 0.717) is 54.7 Å². The van der Waals surface area contributed by atoms with Crippen LogP contribution in [0.2, 0.25) is 10.0 Å². The molecule has 1 aliphatic heterocycles. The second-order valence-corrected chi connectivity index (χ2v) is 10.9. The minimum Gasteiger partial charge on any atom is -0.396 e. The number of benzene rings is 2.